The van der Waals surface area contributed by atoms with Gasteiger partial charge in [0.05, 0.1) is 24.9 Å². The van der Waals surface area contributed by atoms with Crippen LogP contribution in [-0.2, 0) is 4.74 Å². The van der Waals surface area contributed by atoms with Gasteiger partial charge in [-0.15, -0.1) is 0 Å². The van der Waals surface area contributed by atoms with E-state index in [1.807, 2.05) is 0 Å². The third-order valence-corrected chi connectivity index (χ3v) is 4.96. The zero-order valence-corrected chi connectivity index (χ0v) is 16.6. The van der Waals surface area contributed by atoms with Gasteiger partial charge in [0.15, 0.2) is 0 Å². The molecule has 2 aromatic carbocycles. The number of carbonyl (C=O) groups excluding carboxylic acids is 2. The molecule has 1 fully saturated rings. The molecule has 0 N–H and O–H groups in total. The van der Waals surface area contributed by atoms with Crippen LogP contribution in [0.15, 0.2) is 41.3 Å². The number of hydrogen-bond acceptors (Lipinski definition) is 4. The van der Waals surface area contributed by atoms with Crippen LogP contribution in [0.4, 0.5) is 36.8 Å². The first kappa shape index (κ1) is 22.9. The number of thioether (sulfide) groups is 1. The molecule has 1 aliphatic heterocycles. The number of hydrogen-bond donors (Lipinski definition) is 0. The second kappa shape index (κ2) is 8.79. The molecule has 1 aliphatic rings. The van der Waals surface area contributed by atoms with Crippen LogP contribution in [0.5, 0.6) is 0 Å². The zero-order chi connectivity index (χ0) is 22.9. The topological polar surface area (TPSA) is 53.2 Å². The highest BCUT2D eigenvalue weighted by Crippen LogP contribution is 2.38. The van der Waals surface area contributed by atoms with Gasteiger partial charge >= 0.3 is 11.5 Å². The van der Waals surface area contributed by atoms with Gasteiger partial charge < -0.3 is 4.74 Å². The number of imide groups is 1. The number of anilines is 1. The van der Waals surface area contributed by atoms with Crippen molar-refractivity contribution in [2.45, 2.75) is 16.5 Å². The lowest BCUT2D eigenvalue weighted by molar-refractivity contribution is -0.0328. The summed E-state index contributed by atoms with van der Waals surface area (Å²) in [5.41, 5.74) is -6.03. The Labute approximate surface area is 176 Å². The number of ether oxygens (including phenoxy) is 1. The maximum absolute atomic E-state index is 14.4. The third kappa shape index (κ3) is 5.50. The van der Waals surface area contributed by atoms with Gasteiger partial charge in [0.25, 0.3) is 5.91 Å². The van der Waals surface area contributed by atoms with Crippen molar-refractivity contribution in [2.24, 2.45) is 0 Å². The van der Waals surface area contributed by atoms with Crippen LogP contribution >= 0.6 is 11.8 Å². The maximum atomic E-state index is 14.4. The van der Waals surface area contributed by atoms with Gasteiger partial charge in [-0.3, -0.25) is 14.6 Å². The van der Waals surface area contributed by atoms with E-state index in [0.29, 0.717) is 15.9 Å². The first-order valence-electron chi connectivity index (χ1n) is 8.68. The molecule has 3 amide bonds. The Hall–Kier alpha value is -2.73. The van der Waals surface area contributed by atoms with Crippen LogP contribution in [0.2, 0.25) is 0 Å². The van der Waals surface area contributed by atoms with Gasteiger partial charge in [-0.1, -0.05) is 6.07 Å². The van der Waals surface area contributed by atoms with Crippen molar-refractivity contribution in [2.75, 3.05) is 25.1 Å². The summed E-state index contributed by atoms with van der Waals surface area (Å²) >= 11 is -0.536. The molecule has 1 atom stereocenters. The highest BCUT2D eigenvalue weighted by molar-refractivity contribution is 8.00. The number of amides is 3. The lowest BCUT2D eigenvalue weighted by Crippen LogP contribution is -2.47. The summed E-state index contributed by atoms with van der Waals surface area (Å²) in [4.78, 5) is 26.4. The Bertz CT molecular complexity index is 992. The van der Waals surface area contributed by atoms with Crippen LogP contribution in [0, 0.1) is 17.5 Å². The number of nitrogens with zero attached hydrogens (tertiary/aromatic N) is 2. The molecule has 0 aliphatic carbocycles. The number of epoxide rings is 1. The van der Waals surface area contributed by atoms with Crippen LogP contribution in [-0.4, -0.2) is 48.6 Å². The van der Waals surface area contributed by atoms with Crippen LogP contribution in [0.1, 0.15) is 10.4 Å². The van der Waals surface area contributed by atoms with E-state index >= 15 is 0 Å². The second-order valence-electron chi connectivity index (χ2n) is 6.47. The van der Waals surface area contributed by atoms with E-state index in [1.54, 1.807) is 0 Å². The van der Waals surface area contributed by atoms with E-state index in [2.05, 4.69) is 0 Å². The van der Waals surface area contributed by atoms with E-state index in [1.165, 1.54) is 0 Å². The van der Waals surface area contributed by atoms with Gasteiger partial charge in [0.2, 0.25) is 0 Å². The fraction of sp³-hybridized carbons (Fsp3) is 0.263. The van der Waals surface area contributed by atoms with Crippen molar-refractivity contribution in [3.8, 4) is 0 Å². The molecule has 3 rings (SSSR count). The summed E-state index contributed by atoms with van der Waals surface area (Å²) in [6, 6.07) is 4.05. The molecule has 2 aromatic rings. The molecule has 1 saturated heterocycles. The molecule has 0 saturated carbocycles. The van der Waals surface area contributed by atoms with Crippen molar-refractivity contribution in [1.29, 1.82) is 0 Å². The average molecular weight is 464 g/mol. The normalized spacial score (nSPS) is 15.5. The van der Waals surface area contributed by atoms with E-state index in [-0.39, 0.29) is 13.2 Å². The summed E-state index contributed by atoms with van der Waals surface area (Å²) in [5, 5.41) is 0. The van der Waals surface area contributed by atoms with E-state index < -0.39 is 68.9 Å². The molecule has 1 unspecified atom stereocenters. The lowest BCUT2D eigenvalue weighted by Gasteiger charge is -2.27. The zero-order valence-electron chi connectivity index (χ0n) is 15.8. The van der Waals surface area contributed by atoms with E-state index in [9.17, 15) is 35.9 Å². The quantitative estimate of drug-likeness (QED) is 0.362. The summed E-state index contributed by atoms with van der Waals surface area (Å²) in [6.07, 6.45) is -0.549. The molecule has 31 heavy (non-hydrogen) atoms. The fourth-order valence-corrected chi connectivity index (χ4v) is 3.27. The molecule has 12 heteroatoms. The molecule has 166 valence electrons. The summed E-state index contributed by atoms with van der Waals surface area (Å²) in [7, 11) is 1.07. The molecule has 1 heterocycles. The Morgan fingerprint density at radius 3 is 2.23 bits per heavy atom. The fourth-order valence-electron chi connectivity index (χ4n) is 2.70. The van der Waals surface area contributed by atoms with Gasteiger partial charge in [0, 0.05) is 11.9 Å². The lowest BCUT2D eigenvalue weighted by atomic mass is 10.1. The van der Waals surface area contributed by atoms with Gasteiger partial charge in [-0.05, 0) is 42.1 Å². The van der Waals surface area contributed by atoms with Crippen molar-refractivity contribution in [3.63, 3.8) is 0 Å². The number of urea groups is 1. The molecular weight excluding hydrogens is 450 g/mol. The Morgan fingerprint density at radius 2 is 1.71 bits per heavy atom. The standard InChI is InChI=1S/C19H14F6N2O3S/c1-26(15-6-5-11(7-14(15)22)31-19(23,24)25)18(29)27(8-10-9-30-10)17(28)16-12(20)3-2-4-13(16)21/h2-7,10H,8-9H2,1H3. The van der Waals surface area contributed by atoms with Crippen molar-refractivity contribution in [3.05, 3.63) is 59.4 Å². The van der Waals surface area contributed by atoms with Crippen LogP contribution < -0.4 is 4.90 Å². The van der Waals surface area contributed by atoms with Gasteiger partial charge in [-0.2, -0.15) is 13.2 Å². The monoisotopic (exact) mass is 464 g/mol. The molecule has 0 spiro atoms. The first-order chi connectivity index (χ1) is 14.5. The Balaban J connectivity index is 1.89. The van der Waals surface area contributed by atoms with Crippen LogP contribution in [0.25, 0.3) is 0 Å². The Morgan fingerprint density at radius 1 is 1.10 bits per heavy atom. The van der Waals surface area contributed by atoms with Crippen molar-refractivity contribution < 1.29 is 40.7 Å². The minimum absolute atomic E-state index is 0.207. The number of alkyl halides is 3. The molecular formula is C19H14F6N2O3S. The van der Waals surface area contributed by atoms with Gasteiger partial charge in [-0.25, -0.2) is 18.0 Å². The first-order valence-corrected chi connectivity index (χ1v) is 9.50. The number of halogens is 6. The number of carbonyl (C=O) groups is 2. The van der Waals surface area contributed by atoms with Crippen molar-refractivity contribution in [1.82, 2.24) is 4.90 Å². The minimum atomic E-state index is -4.63. The van der Waals surface area contributed by atoms with E-state index in [0.717, 1.165) is 37.4 Å². The minimum Gasteiger partial charge on any atom is -0.371 e. The third-order valence-electron chi connectivity index (χ3n) is 4.24. The van der Waals surface area contributed by atoms with Gasteiger partial charge in [0.1, 0.15) is 23.0 Å². The smallest absolute Gasteiger partial charge is 0.371 e. The number of benzene rings is 2. The van der Waals surface area contributed by atoms with E-state index in [4.69, 9.17) is 4.74 Å². The largest absolute Gasteiger partial charge is 0.446 e. The maximum Gasteiger partial charge on any atom is 0.446 e. The highest BCUT2D eigenvalue weighted by Gasteiger charge is 2.36. The predicted molar refractivity (Wildman–Crippen MR) is 99.2 cm³/mol. The number of rotatable bonds is 5. The predicted octanol–water partition coefficient (Wildman–Crippen LogP) is 4.81. The van der Waals surface area contributed by atoms with Crippen molar-refractivity contribution >= 4 is 29.4 Å². The van der Waals surface area contributed by atoms with Crippen LogP contribution in [0.3, 0.4) is 0 Å². The molecule has 0 aromatic heterocycles. The molecule has 5 nitrogen and oxygen atoms in total. The molecule has 0 radical (unpaired) electrons. The highest BCUT2D eigenvalue weighted by atomic mass is 32.2. The average Bonchev–Trinajstić information content (AvgIpc) is 3.48. The summed E-state index contributed by atoms with van der Waals surface area (Å²) in [6.45, 7) is -0.141. The summed E-state index contributed by atoms with van der Waals surface area (Å²) < 4.78 is 84.9. The SMILES string of the molecule is CN(C(=O)N(CC1CO1)C(=O)c1c(F)cccc1F)c1ccc(SC(F)(F)F)cc1F. The second-order valence-corrected chi connectivity index (χ2v) is 7.61. The molecule has 0 bridgehead atoms. The Kier molecular flexibility index (Phi) is 6.51. The summed E-state index contributed by atoms with van der Waals surface area (Å²) in [5.74, 6) is -4.84.